The predicted molar refractivity (Wildman–Crippen MR) is 66.4 cm³/mol. The van der Waals surface area contributed by atoms with Crippen molar-refractivity contribution >= 4 is 18.0 Å². The van der Waals surface area contributed by atoms with E-state index in [-0.39, 0.29) is 17.2 Å². The molecule has 8 nitrogen and oxygen atoms in total. The molecule has 0 amide bonds. The van der Waals surface area contributed by atoms with Crippen LogP contribution in [0.1, 0.15) is 11.8 Å². The summed E-state index contributed by atoms with van der Waals surface area (Å²) in [5.74, 6) is 0.0930. The highest BCUT2D eigenvalue weighted by molar-refractivity contribution is 7.71. The lowest BCUT2D eigenvalue weighted by molar-refractivity contribution is -0.0542. The summed E-state index contributed by atoms with van der Waals surface area (Å²) in [6, 6.07) is 0. The van der Waals surface area contributed by atoms with E-state index in [1.165, 1.54) is 10.8 Å². The Hall–Kier alpha value is -1.10. The molecule has 1 aromatic heterocycles. The van der Waals surface area contributed by atoms with Crippen molar-refractivity contribution < 1.29 is 25.2 Å². The fourth-order valence-electron chi connectivity index (χ4n) is 1.94. The number of nitrogen functional groups attached to an aromatic ring is 1. The van der Waals surface area contributed by atoms with Crippen molar-refractivity contribution in [2.45, 2.75) is 31.1 Å². The molecule has 0 radical (unpaired) electrons. The number of nitrogens with zero attached hydrogens (tertiary/aromatic N) is 2. The molecule has 4 atom stereocenters. The Morgan fingerprint density at radius 1 is 1.37 bits per heavy atom. The summed E-state index contributed by atoms with van der Waals surface area (Å²) in [6.07, 6.45) is -2.98. The van der Waals surface area contributed by atoms with Crippen molar-refractivity contribution in [3.05, 3.63) is 16.5 Å². The highest BCUT2D eigenvalue weighted by atomic mass is 32.1. The van der Waals surface area contributed by atoms with Gasteiger partial charge in [-0.05, 0) is 12.2 Å². The number of aromatic nitrogens is 2. The van der Waals surface area contributed by atoms with Gasteiger partial charge in [-0.3, -0.25) is 4.57 Å². The molecular formula is C10H15N3O5S. The summed E-state index contributed by atoms with van der Waals surface area (Å²) < 4.78 is 6.66. The summed E-state index contributed by atoms with van der Waals surface area (Å²) in [4.78, 5) is 3.86. The molecule has 6 N–H and O–H groups in total. The lowest BCUT2D eigenvalue weighted by atomic mass is 10.1. The summed E-state index contributed by atoms with van der Waals surface area (Å²) in [7, 11) is 0. The van der Waals surface area contributed by atoms with Gasteiger partial charge in [0.1, 0.15) is 24.1 Å². The standard InChI is InChI=1S/C10H15N3O5S/c11-8-4(2-14)1-13(10(19)12-8)9-7(17)6(16)5(3-15)18-9/h1,5-7,9,14-17H,2-3H2,(H2,11,12,19)/t5-,6-,7+,9-/m1/s1. The van der Waals surface area contributed by atoms with Gasteiger partial charge >= 0.3 is 0 Å². The summed E-state index contributed by atoms with van der Waals surface area (Å²) in [6.45, 7) is -0.777. The van der Waals surface area contributed by atoms with Gasteiger partial charge in [0, 0.05) is 11.8 Å². The molecule has 0 aromatic carbocycles. The average Bonchev–Trinajstić information content (AvgIpc) is 2.67. The summed E-state index contributed by atoms with van der Waals surface area (Å²) >= 11 is 5.01. The maximum atomic E-state index is 9.89. The van der Waals surface area contributed by atoms with E-state index in [2.05, 4.69) is 4.98 Å². The van der Waals surface area contributed by atoms with Crippen LogP contribution in [0.25, 0.3) is 0 Å². The minimum absolute atomic E-state index is 0.0459. The monoisotopic (exact) mass is 289 g/mol. The minimum Gasteiger partial charge on any atom is -0.394 e. The second kappa shape index (κ2) is 5.49. The first-order valence-corrected chi connectivity index (χ1v) is 6.01. The molecule has 0 bridgehead atoms. The van der Waals surface area contributed by atoms with Crippen LogP contribution in [0.5, 0.6) is 0 Å². The number of ether oxygens (including phenoxy) is 1. The third-order valence-electron chi connectivity index (χ3n) is 3.02. The molecule has 2 heterocycles. The van der Waals surface area contributed by atoms with Gasteiger partial charge in [-0.2, -0.15) is 0 Å². The van der Waals surface area contributed by atoms with Crippen LogP contribution in [0.4, 0.5) is 5.82 Å². The van der Waals surface area contributed by atoms with Crippen LogP contribution in [0.3, 0.4) is 0 Å². The number of rotatable bonds is 3. The Bertz CT molecular complexity index is 522. The zero-order valence-electron chi connectivity index (χ0n) is 9.88. The molecule has 106 valence electrons. The Kier molecular flexibility index (Phi) is 4.13. The number of nitrogens with two attached hydrogens (primary N) is 1. The van der Waals surface area contributed by atoms with E-state index in [1.807, 2.05) is 0 Å². The van der Waals surface area contributed by atoms with Gasteiger partial charge in [0.2, 0.25) is 4.77 Å². The lowest BCUT2D eigenvalue weighted by Gasteiger charge is -2.19. The molecule has 1 aliphatic rings. The first kappa shape index (κ1) is 14.3. The molecule has 1 aliphatic heterocycles. The summed E-state index contributed by atoms with van der Waals surface area (Å²) in [5.41, 5.74) is 5.90. The topological polar surface area (TPSA) is 134 Å². The normalized spacial score (nSPS) is 30.7. The first-order chi connectivity index (χ1) is 8.99. The highest BCUT2D eigenvalue weighted by Crippen LogP contribution is 2.29. The number of anilines is 1. The van der Waals surface area contributed by atoms with Gasteiger partial charge in [0.05, 0.1) is 13.2 Å². The van der Waals surface area contributed by atoms with Crippen molar-refractivity contribution in [1.29, 1.82) is 0 Å². The SMILES string of the molecule is Nc1nc(=S)n([C@@H]2O[C@H](CO)[C@@H](O)[C@@H]2O)cc1CO. The van der Waals surface area contributed by atoms with Crippen molar-refractivity contribution in [1.82, 2.24) is 9.55 Å². The second-order valence-electron chi connectivity index (χ2n) is 4.23. The molecule has 2 rings (SSSR count). The summed E-state index contributed by atoms with van der Waals surface area (Å²) in [5, 5.41) is 37.7. The number of aliphatic hydroxyl groups is 4. The zero-order valence-corrected chi connectivity index (χ0v) is 10.7. The van der Waals surface area contributed by atoms with E-state index in [0.717, 1.165) is 0 Å². The maximum Gasteiger partial charge on any atom is 0.203 e. The molecule has 0 unspecified atom stereocenters. The number of hydrogen-bond donors (Lipinski definition) is 5. The molecule has 0 saturated carbocycles. The molecule has 9 heteroatoms. The number of aliphatic hydroxyl groups excluding tert-OH is 4. The molecule has 0 spiro atoms. The van der Waals surface area contributed by atoms with Gasteiger partial charge in [-0.25, -0.2) is 4.98 Å². The van der Waals surface area contributed by atoms with Crippen LogP contribution in [0.2, 0.25) is 0 Å². The zero-order chi connectivity index (χ0) is 14.2. The van der Waals surface area contributed by atoms with Gasteiger partial charge < -0.3 is 30.9 Å². The van der Waals surface area contributed by atoms with E-state index in [9.17, 15) is 10.2 Å². The second-order valence-corrected chi connectivity index (χ2v) is 4.59. The van der Waals surface area contributed by atoms with Gasteiger partial charge in [0.25, 0.3) is 0 Å². The Labute approximate surface area is 113 Å². The third-order valence-corrected chi connectivity index (χ3v) is 3.32. The Morgan fingerprint density at radius 2 is 2.05 bits per heavy atom. The van der Waals surface area contributed by atoms with Crippen molar-refractivity contribution in [2.75, 3.05) is 12.3 Å². The molecule has 1 saturated heterocycles. The Balaban J connectivity index is 2.40. The van der Waals surface area contributed by atoms with E-state index in [1.54, 1.807) is 0 Å². The average molecular weight is 289 g/mol. The molecule has 1 aromatic rings. The van der Waals surface area contributed by atoms with E-state index in [4.69, 9.17) is 32.9 Å². The van der Waals surface area contributed by atoms with Crippen molar-refractivity contribution in [3.8, 4) is 0 Å². The van der Waals surface area contributed by atoms with Gasteiger partial charge in [0.15, 0.2) is 6.23 Å². The smallest absolute Gasteiger partial charge is 0.203 e. The van der Waals surface area contributed by atoms with Crippen LogP contribution < -0.4 is 5.73 Å². The fourth-order valence-corrected chi connectivity index (χ4v) is 2.19. The minimum atomic E-state index is -1.26. The van der Waals surface area contributed by atoms with Crippen molar-refractivity contribution in [3.63, 3.8) is 0 Å². The van der Waals surface area contributed by atoms with Crippen LogP contribution >= 0.6 is 12.2 Å². The lowest BCUT2D eigenvalue weighted by Crippen LogP contribution is -2.33. The maximum absolute atomic E-state index is 9.89. The molecule has 1 fully saturated rings. The molecular weight excluding hydrogens is 274 g/mol. The first-order valence-electron chi connectivity index (χ1n) is 5.60. The largest absolute Gasteiger partial charge is 0.394 e. The van der Waals surface area contributed by atoms with Gasteiger partial charge in [-0.1, -0.05) is 0 Å². The van der Waals surface area contributed by atoms with Crippen LogP contribution in [-0.2, 0) is 11.3 Å². The number of hydrogen-bond acceptors (Lipinski definition) is 8. The van der Waals surface area contributed by atoms with Crippen LogP contribution in [0, 0.1) is 4.77 Å². The van der Waals surface area contributed by atoms with Crippen molar-refractivity contribution in [2.24, 2.45) is 0 Å². The third kappa shape index (κ3) is 2.48. The fraction of sp³-hybridized carbons (Fsp3) is 0.600. The van der Waals surface area contributed by atoms with E-state index >= 15 is 0 Å². The van der Waals surface area contributed by atoms with Gasteiger partial charge in [-0.15, -0.1) is 0 Å². The van der Waals surface area contributed by atoms with E-state index in [0.29, 0.717) is 5.56 Å². The Morgan fingerprint density at radius 3 is 2.58 bits per heavy atom. The predicted octanol–water partition coefficient (Wildman–Crippen LogP) is -1.70. The van der Waals surface area contributed by atoms with E-state index < -0.39 is 31.1 Å². The highest BCUT2D eigenvalue weighted by Gasteiger charge is 2.43. The quantitative estimate of drug-likeness (QED) is 0.416. The van der Waals surface area contributed by atoms with Crippen LogP contribution in [0.15, 0.2) is 6.20 Å². The van der Waals surface area contributed by atoms with Crippen LogP contribution in [-0.4, -0.2) is 54.9 Å². The molecule has 0 aliphatic carbocycles. The molecule has 19 heavy (non-hydrogen) atoms.